The molecular formula is C19H21ClN4O2S2. The maximum Gasteiger partial charge on any atom is 0.239 e. The molecule has 1 aliphatic heterocycles. The molecule has 1 unspecified atom stereocenters. The Kier molecular flexibility index (Phi) is 6.30. The highest BCUT2D eigenvalue weighted by Crippen LogP contribution is 2.33. The van der Waals surface area contributed by atoms with Crippen molar-refractivity contribution < 1.29 is 9.59 Å². The normalized spacial score (nSPS) is 19.4. The Balaban J connectivity index is 1.42. The van der Waals surface area contributed by atoms with Gasteiger partial charge < -0.3 is 5.32 Å². The van der Waals surface area contributed by atoms with E-state index in [9.17, 15) is 9.59 Å². The second-order valence-electron chi connectivity index (χ2n) is 7.09. The first kappa shape index (κ1) is 19.8. The minimum Gasteiger partial charge on any atom is -0.316 e. The summed E-state index contributed by atoms with van der Waals surface area (Å²) in [6.07, 6.45) is 3.66. The number of piperidine rings is 1. The highest BCUT2D eigenvalue weighted by molar-refractivity contribution is 8.00. The van der Waals surface area contributed by atoms with Gasteiger partial charge in [0.1, 0.15) is 10.7 Å². The predicted molar refractivity (Wildman–Crippen MR) is 112 cm³/mol. The largest absolute Gasteiger partial charge is 0.316 e. The van der Waals surface area contributed by atoms with Gasteiger partial charge in [-0.25, -0.2) is 0 Å². The van der Waals surface area contributed by atoms with E-state index >= 15 is 0 Å². The Morgan fingerprint density at radius 3 is 2.68 bits per heavy atom. The van der Waals surface area contributed by atoms with Crippen molar-refractivity contribution in [3.05, 3.63) is 29.3 Å². The summed E-state index contributed by atoms with van der Waals surface area (Å²) in [4.78, 5) is 27.3. The second-order valence-corrected chi connectivity index (χ2v) is 9.02. The van der Waals surface area contributed by atoms with Crippen molar-refractivity contribution in [3.8, 4) is 11.3 Å². The summed E-state index contributed by atoms with van der Waals surface area (Å²) < 4.78 is 8.70. The number of carbonyl (C=O) groups is 2. The molecule has 6 nitrogen and oxygen atoms in total. The molecule has 1 aromatic carbocycles. The summed E-state index contributed by atoms with van der Waals surface area (Å²) in [5, 5.41) is 4.63. The van der Waals surface area contributed by atoms with Crippen molar-refractivity contribution in [2.75, 3.05) is 18.8 Å². The van der Waals surface area contributed by atoms with E-state index in [1.807, 2.05) is 24.3 Å². The third-order valence-corrected chi connectivity index (χ3v) is 6.82. The first-order valence-corrected chi connectivity index (χ1v) is 11.5. The minimum absolute atomic E-state index is 0.0189. The lowest BCUT2D eigenvalue weighted by molar-refractivity contribution is -0.147. The zero-order valence-corrected chi connectivity index (χ0v) is 17.7. The fraction of sp³-hybridized carbons (Fsp3) is 0.474. The molecule has 2 amide bonds. The molecule has 1 saturated carbocycles. The lowest BCUT2D eigenvalue weighted by Crippen LogP contribution is -2.47. The number of hydrogen-bond acceptors (Lipinski definition) is 7. The Hall–Kier alpha value is -1.48. The summed E-state index contributed by atoms with van der Waals surface area (Å²) in [5.74, 6) is -0.0457. The Bertz CT molecular complexity index is 848. The second kappa shape index (κ2) is 8.90. The zero-order valence-electron chi connectivity index (χ0n) is 15.3. The van der Waals surface area contributed by atoms with Crippen LogP contribution in [0.3, 0.4) is 0 Å². The molecule has 0 spiro atoms. The molecule has 1 N–H and O–H groups in total. The van der Waals surface area contributed by atoms with Crippen LogP contribution in [0, 0.1) is 5.92 Å². The van der Waals surface area contributed by atoms with Crippen LogP contribution in [0.2, 0.25) is 5.02 Å². The van der Waals surface area contributed by atoms with Crippen molar-refractivity contribution in [3.63, 3.8) is 0 Å². The SMILES string of the molecule is O=C(CSc1nsnc1-c1ccc(Cl)cc1)N(C(=O)C1CCCNC1)C1CC1. The van der Waals surface area contributed by atoms with Crippen LogP contribution in [-0.4, -0.2) is 50.3 Å². The number of imide groups is 1. The molecule has 1 aliphatic carbocycles. The quantitative estimate of drug-likeness (QED) is 0.699. The Morgan fingerprint density at radius 1 is 1.21 bits per heavy atom. The number of nitrogens with one attached hydrogen (secondary N) is 1. The van der Waals surface area contributed by atoms with Crippen molar-refractivity contribution >= 4 is 46.9 Å². The number of benzene rings is 1. The molecule has 9 heteroatoms. The van der Waals surface area contributed by atoms with E-state index in [0.29, 0.717) is 16.6 Å². The standard InChI is InChI=1S/C19H21ClN4O2S2/c20-14-5-3-12(4-6-14)17-18(23-28-22-17)27-11-16(25)24(15-7-8-15)19(26)13-2-1-9-21-10-13/h3-6,13,15,21H,1-2,7-11H2. The number of carbonyl (C=O) groups excluding carboxylic acids is 2. The van der Waals surface area contributed by atoms with Gasteiger partial charge in [0.25, 0.3) is 0 Å². The van der Waals surface area contributed by atoms with Gasteiger partial charge in [-0.05, 0) is 44.4 Å². The van der Waals surface area contributed by atoms with Gasteiger partial charge >= 0.3 is 0 Å². The molecule has 2 fully saturated rings. The molecule has 1 saturated heterocycles. The van der Waals surface area contributed by atoms with Gasteiger partial charge in [-0.1, -0.05) is 35.5 Å². The maximum atomic E-state index is 12.9. The molecule has 2 heterocycles. The molecule has 28 heavy (non-hydrogen) atoms. The van der Waals surface area contributed by atoms with Crippen LogP contribution in [0.1, 0.15) is 25.7 Å². The number of hydrogen-bond donors (Lipinski definition) is 1. The number of aromatic nitrogens is 2. The van der Waals surface area contributed by atoms with Gasteiger partial charge in [0.15, 0.2) is 0 Å². The molecule has 1 aromatic heterocycles. The van der Waals surface area contributed by atoms with Crippen LogP contribution in [-0.2, 0) is 9.59 Å². The summed E-state index contributed by atoms with van der Waals surface area (Å²) in [5.41, 5.74) is 1.66. The Labute approximate surface area is 177 Å². The maximum absolute atomic E-state index is 12.9. The van der Waals surface area contributed by atoms with Crippen LogP contribution in [0.25, 0.3) is 11.3 Å². The first-order chi connectivity index (χ1) is 13.6. The summed E-state index contributed by atoms with van der Waals surface area (Å²) in [6.45, 7) is 1.61. The smallest absolute Gasteiger partial charge is 0.239 e. The van der Waals surface area contributed by atoms with E-state index in [0.717, 1.165) is 55.2 Å². The van der Waals surface area contributed by atoms with Gasteiger partial charge in [-0.3, -0.25) is 14.5 Å². The topological polar surface area (TPSA) is 75.2 Å². The summed E-state index contributed by atoms with van der Waals surface area (Å²) >= 11 is 8.42. The number of nitrogens with zero attached hydrogens (tertiary/aromatic N) is 3. The molecule has 0 bridgehead atoms. The lowest BCUT2D eigenvalue weighted by atomic mass is 9.98. The molecular weight excluding hydrogens is 416 g/mol. The third-order valence-electron chi connectivity index (χ3n) is 4.97. The molecule has 2 aromatic rings. The lowest BCUT2D eigenvalue weighted by Gasteiger charge is -2.28. The minimum atomic E-state index is -0.127. The predicted octanol–water partition coefficient (Wildman–Crippen LogP) is 3.47. The van der Waals surface area contributed by atoms with Crippen LogP contribution in [0.5, 0.6) is 0 Å². The van der Waals surface area contributed by atoms with Crippen LogP contribution in [0.15, 0.2) is 29.3 Å². The number of amides is 2. The molecule has 2 aliphatic rings. The van der Waals surface area contributed by atoms with Gasteiger partial charge in [-0.2, -0.15) is 8.75 Å². The van der Waals surface area contributed by atoms with Crippen molar-refractivity contribution in [1.82, 2.24) is 19.0 Å². The molecule has 0 radical (unpaired) electrons. The summed E-state index contributed by atoms with van der Waals surface area (Å²) in [7, 11) is 0. The number of rotatable bonds is 6. The number of halogens is 1. The number of thioether (sulfide) groups is 1. The third kappa shape index (κ3) is 4.56. The fourth-order valence-corrected chi connectivity index (χ4v) is 5.03. The van der Waals surface area contributed by atoms with Crippen molar-refractivity contribution in [2.24, 2.45) is 5.92 Å². The molecule has 4 rings (SSSR count). The average Bonchev–Trinajstić information content (AvgIpc) is 3.44. The van der Waals surface area contributed by atoms with E-state index < -0.39 is 0 Å². The van der Waals surface area contributed by atoms with Gasteiger partial charge in [-0.15, -0.1) is 0 Å². The van der Waals surface area contributed by atoms with Gasteiger partial charge in [0.05, 0.1) is 23.4 Å². The first-order valence-electron chi connectivity index (χ1n) is 9.41. The monoisotopic (exact) mass is 436 g/mol. The van der Waals surface area contributed by atoms with Crippen LogP contribution in [0.4, 0.5) is 0 Å². The fourth-order valence-electron chi connectivity index (χ4n) is 3.36. The Morgan fingerprint density at radius 2 is 2.00 bits per heavy atom. The van der Waals surface area contributed by atoms with Gasteiger partial charge in [0.2, 0.25) is 11.8 Å². The van der Waals surface area contributed by atoms with E-state index in [-0.39, 0.29) is 29.5 Å². The van der Waals surface area contributed by atoms with E-state index in [1.54, 1.807) is 0 Å². The zero-order chi connectivity index (χ0) is 19.5. The molecule has 148 valence electrons. The highest BCUT2D eigenvalue weighted by Gasteiger charge is 2.40. The van der Waals surface area contributed by atoms with Crippen molar-refractivity contribution in [1.29, 1.82) is 0 Å². The van der Waals surface area contributed by atoms with E-state index in [1.165, 1.54) is 16.7 Å². The van der Waals surface area contributed by atoms with Crippen LogP contribution < -0.4 is 5.32 Å². The van der Waals surface area contributed by atoms with Crippen molar-refractivity contribution in [2.45, 2.75) is 36.8 Å². The van der Waals surface area contributed by atoms with E-state index in [4.69, 9.17) is 11.6 Å². The molecule has 1 atom stereocenters. The summed E-state index contributed by atoms with van der Waals surface area (Å²) in [6, 6.07) is 7.47. The van der Waals surface area contributed by atoms with Gasteiger partial charge in [0, 0.05) is 23.2 Å². The van der Waals surface area contributed by atoms with E-state index in [2.05, 4.69) is 14.1 Å². The van der Waals surface area contributed by atoms with Crippen LogP contribution >= 0.6 is 35.1 Å². The highest BCUT2D eigenvalue weighted by atomic mass is 35.5. The average molecular weight is 437 g/mol.